The number of nitrogens with two attached hydrogens (primary N) is 1. The van der Waals surface area contributed by atoms with E-state index in [0.29, 0.717) is 18.3 Å². The quantitative estimate of drug-likeness (QED) is 0.928. The molecular formula is C15H21N3O2. The van der Waals surface area contributed by atoms with Crippen molar-refractivity contribution in [3.05, 3.63) is 35.7 Å². The van der Waals surface area contributed by atoms with Gasteiger partial charge in [0.05, 0.1) is 12.6 Å². The lowest BCUT2D eigenvalue weighted by Crippen LogP contribution is -2.17. The normalized spacial score (nSPS) is 13.4. The molecule has 0 bridgehead atoms. The number of methoxy groups -OCH3 is 1. The van der Waals surface area contributed by atoms with Crippen molar-refractivity contribution in [2.75, 3.05) is 13.7 Å². The second-order valence-electron chi connectivity index (χ2n) is 5.85. The predicted molar refractivity (Wildman–Crippen MR) is 77.2 cm³/mol. The zero-order chi connectivity index (χ0) is 14.8. The van der Waals surface area contributed by atoms with Crippen LogP contribution in [0.15, 0.2) is 28.8 Å². The molecule has 1 aromatic heterocycles. The number of aromatic nitrogens is 2. The molecule has 0 amide bonds. The van der Waals surface area contributed by atoms with Gasteiger partial charge in [-0.25, -0.2) is 0 Å². The highest BCUT2D eigenvalue weighted by Gasteiger charge is 2.17. The summed E-state index contributed by atoms with van der Waals surface area (Å²) in [4.78, 5) is 4.31. The Morgan fingerprint density at radius 1 is 1.25 bits per heavy atom. The van der Waals surface area contributed by atoms with E-state index in [1.165, 1.54) is 5.56 Å². The molecule has 0 spiro atoms. The van der Waals surface area contributed by atoms with E-state index in [0.717, 1.165) is 5.56 Å². The molecule has 0 aliphatic rings. The molecule has 5 heteroatoms. The number of ether oxygens (including phenoxy) is 1. The highest BCUT2D eigenvalue weighted by Crippen LogP contribution is 2.25. The smallest absolute Gasteiger partial charge is 0.257 e. The third kappa shape index (κ3) is 3.23. The Balaban J connectivity index is 2.20. The van der Waals surface area contributed by atoms with Crippen molar-refractivity contribution in [2.24, 2.45) is 5.73 Å². The summed E-state index contributed by atoms with van der Waals surface area (Å²) >= 11 is 0. The molecule has 0 fully saturated rings. The average Bonchev–Trinajstić information content (AvgIpc) is 2.88. The first kappa shape index (κ1) is 14.7. The number of rotatable bonds is 4. The lowest BCUT2D eigenvalue weighted by Gasteiger charge is -2.18. The average molecular weight is 275 g/mol. The molecule has 0 saturated heterocycles. The van der Waals surface area contributed by atoms with Gasteiger partial charge in [-0.15, -0.1) is 0 Å². The van der Waals surface area contributed by atoms with Crippen LogP contribution in [0.2, 0.25) is 0 Å². The summed E-state index contributed by atoms with van der Waals surface area (Å²) in [6.45, 7) is 6.89. The Kier molecular flexibility index (Phi) is 4.20. The Morgan fingerprint density at radius 2 is 1.90 bits per heavy atom. The summed E-state index contributed by atoms with van der Waals surface area (Å²) in [5.41, 5.74) is 8.14. The third-order valence-corrected chi connectivity index (χ3v) is 3.12. The molecular weight excluding hydrogens is 254 g/mol. The lowest BCUT2D eigenvalue weighted by atomic mass is 9.87. The molecule has 5 nitrogen and oxygen atoms in total. The zero-order valence-electron chi connectivity index (χ0n) is 12.4. The third-order valence-electron chi connectivity index (χ3n) is 3.12. The minimum absolute atomic E-state index is 0.124. The van der Waals surface area contributed by atoms with E-state index in [9.17, 15) is 0 Å². The first-order valence-corrected chi connectivity index (χ1v) is 6.61. The number of nitrogens with zero attached hydrogens (tertiary/aromatic N) is 2. The molecule has 1 heterocycles. The Hall–Kier alpha value is -1.72. The predicted octanol–water partition coefficient (Wildman–Crippen LogP) is 2.68. The van der Waals surface area contributed by atoms with Gasteiger partial charge < -0.3 is 15.0 Å². The van der Waals surface area contributed by atoms with Gasteiger partial charge >= 0.3 is 0 Å². The maximum absolute atomic E-state index is 5.87. The van der Waals surface area contributed by atoms with Gasteiger partial charge in [-0.2, -0.15) is 4.98 Å². The SMILES string of the molecule is COCC(N)c1noc(-c2ccc(C(C)(C)C)cc2)n1. The van der Waals surface area contributed by atoms with Crippen LogP contribution in [-0.2, 0) is 10.2 Å². The number of benzene rings is 1. The summed E-state index contributed by atoms with van der Waals surface area (Å²) in [6.07, 6.45) is 0. The molecule has 108 valence electrons. The van der Waals surface area contributed by atoms with E-state index < -0.39 is 0 Å². The monoisotopic (exact) mass is 275 g/mol. The van der Waals surface area contributed by atoms with E-state index in [2.05, 4.69) is 43.0 Å². The van der Waals surface area contributed by atoms with Gasteiger partial charge in [0.1, 0.15) is 0 Å². The van der Waals surface area contributed by atoms with Crippen molar-refractivity contribution in [2.45, 2.75) is 32.2 Å². The second kappa shape index (κ2) is 5.73. The Labute approximate surface area is 119 Å². The van der Waals surface area contributed by atoms with Gasteiger partial charge in [-0.3, -0.25) is 0 Å². The molecule has 0 aliphatic carbocycles. The molecule has 2 aromatic rings. The van der Waals surface area contributed by atoms with E-state index in [1.807, 2.05) is 12.1 Å². The van der Waals surface area contributed by atoms with Gasteiger partial charge in [0.2, 0.25) is 0 Å². The fourth-order valence-corrected chi connectivity index (χ4v) is 1.87. The molecule has 2 rings (SSSR count). The molecule has 1 unspecified atom stereocenters. The van der Waals surface area contributed by atoms with E-state index in [1.54, 1.807) is 7.11 Å². The first-order valence-electron chi connectivity index (χ1n) is 6.61. The van der Waals surface area contributed by atoms with E-state index in [4.69, 9.17) is 15.0 Å². The Bertz CT molecular complexity index is 555. The molecule has 0 radical (unpaired) electrons. The van der Waals surface area contributed by atoms with Gasteiger partial charge in [-0.05, 0) is 23.1 Å². The van der Waals surface area contributed by atoms with Crippen LogP contribution in [0, 0.1) is 0 Å². The molecule has 2 N–H and O–H groups in total. The van der Waals surface area contributed by atoms with E-state index >= 15 is 0 Å². The summed E-state index contributed by atoms with van der Waals surface area (Å²) < 4.78 is 10.2. The minimum atomic E-state index is -0.369. The second-order valence-corrected chi connectivity index (χ2v) is 5.85. The lowest BCUT2D eigenvalue weighted by molar-refractivity contribution is 0.177. The van der Waals surface area contributed by atoms with Gasteiger partial charge in [0.15, 0.2) is 5.82 Å². The van der Waals surface area contributed by atoms with Crippen LogP contribution in [0.1, 0.15) is 38.2 Å². The van der Waals surface area contributed by atoms with Gasteiger partial charge in [0, 0.05) is 12.7 Å². The summed E-state index contributed by atoms with van der Waals surface area (Å²) in [5.74, 6) is 0.939. The number of hydrogen-bond donors (Lipinski definition) is 1. The van der Waals surface area contributed by atoms with Crippen molar-refractivity contribution >= 4 is 0 Å². The van der Waals surface area contributed by atoms with Crippen LogP contribution < -0.4 is 5.73 Å². The van der Waals surface area contributed by atoms with Crippen molar-refractivity contribution in [1.82, 2.24) is 10.1 Å². The highest BCUT2D eigenvalue weighted by atomic mass is 16.5. The minimum Gasteiger partial charge on any atom is -0.383 e. The van der Waals surface area contributed by atoms with Crippen LogP contribution in [0.4, 0.5) is 0 Å². The topological polar surface area (TPSA) is 74.2 Å². The maximum Gasteiger partial charge on any atom is 0.257 e. The summed E-state index contributed by atoms with van der Waals surface area (Å²) in [5, 5.41) is 3.89. The highest BCUT2D eigenvalue weighted by molar-refractivity contribution is 5.53. The van der Waals surface area contributed by atoms with E-state index in [-0.39, 0.29) is 11.5 Å². The largest absolute Gasteiger partial charge is 0.383 e. The molecule has 1 aromatic carbocycles. The van der Waals surface area contributed by atoms with Gasteiger partial charge in [0.25, 0.3) is 5.89 Å². The van der Waals surface area contributed by atoms with Gasteiger partial charge in [-0.1, -0.05) is 38.1 Å². The molecule has 0 saturated carbocycles. The Morgan fingerprint density at radius 3 is 2.45 bits per heavy atom. The van der Waals surface area contributed by atoms with Crippen molar-refractivity contribution in [3.63, 3.8) is 0 Å². The first-order chi connectivity index (χ1) is 9.41. The standard InChI is InChI=1S/C15H21N3O2/c1-15(2,3)11-7-5-10(6-8-11)14-17-13(18-20-14)12(16)9-19-4/h5-8,12H,9,16H2,1-4H3. The fraction of sp³-hybridized carbons (Fsp3) is 0.467. The summed E-state index contributed by atoms with van der Waals surface area (Å²) in [7, 11) is 1.59. The van der Waals surface area contributed by atoms with Crippen LogP contribution >= 0.6 is 0 Å². The van der Waals surface area contributed by atoms with Crippen LogP contribution in [0.5, 0.6) is 0 Å². The zero-order valence-corrected chi connectivity index (χ0v) is 12.4. The fourth-order valence-electron chi connectivity index (χ4n) is 1.87. The van der Waals surface area contributed by atoms with Crippen LogP contribution in [0.3, 0.4) is 0 Å². The number of hydrogen-bond acceptors (Lipinski definition) is 5. The van der Waals surface area contributed by atoms with Crippen molar-refractivity contribution in [1.29, 1.82) is 0 Å². The maximum atomic E-state index is 5.87. The van der Waals surface area contributed by atoms with Crippen molar-refractivity contribution in [3.8, 4) is 11.5 Å². The molecule has 0 aliphatic heterocycles. The molecule has 20 heavy (non-hydrogen) atoms. The van der Waals surface area contributed by atoms with Crippen LogP contribution in [0.25, 0.3) is 11.5 Å². The van der Waals surface area contributed by atoms with Crippen molar-refractivity contribution < 1.29 is 9.26 Å². The van der Waals surface area contributed by atoms with Crippen LogP contribution in [-0.4, -0.2) is 23.9 Å². The summed E-state index contributed by atoms with van der Waals surface area (Å²) in [6, 6.07) is 7.76. The molecule has 1 atom stereocenters.